The zero-order valence-electron chi connectivity index (χ0n) is 15.7. The second-order valence-corrected chi connectivity index (χ2v) is 6.24. The van der Waals surface area contributed by atoms with Gasteiger partial charge >= 0.3 is 5.97 Å². The zero-order valence-corrected chi connectivity index (χ0v) is 16.5. The minimum atomic E-state index is -0.520. The van der Waals surface area contributed by atoms with Gasteiger partial charge in [-0.1, -0.05) is 0 Å². The molecule has 156 valence electrons. The number of amides is 1. The Morgan fingerprint density at radius 1 is 1.17 bits per heavy atom. The minimum Gasteiger partial charge on any atom is -0.465 e. The zero-order chi connectivity index (χ0) is 21.3. The van der Waals surface area contributed by atoms with Crippen molar-refractivity contribution in [1.82, 2.24) is 14.8 Å². The van der Waals surface area contributed by atoms with E-state index in [1.807, 2.05) is 0 Å². The van der Waals surface area contributed by atoms with Crippen LogP contribution in [0.25, 0.3) is 0 Å². The molecule has 11 nitrogen and oxygen atoms in total. The molecule has 0 fully saturated rings. The number of rotatable bonds is 9. The number of aromatic nitrogens is 3. The summed E-state index contributed by atoms with van der Waals surface area (Å²) in [6.45, 7) is 0.367. The van der Waals surface area contributed by atoms with Crippen LogP contribution in [-0.4, -0.2) is 33.8 Å². The lowest BCUT2D eigenvalue weighted by Crippen LogP contribution is -2.13. The van der Waals surface area contributed by atoms with Gasteiger partial charge < -0.3 is 14.2 Å². The van der Waals surface area contributed by atoms with Crippen molar-refractivity contribution in [3.8, 4) is 5.75 Å². The highest BCUT2D eigenvalue weighted by atomic mass is 32.2. The summed E-state index contributed by atoms with van der Waals surface area (Å²) >= 11 is 0.529. The normalized spacial score (nSPS) is 10.5. The summed E-state index contributed by atoms with van der Waals surface area (Å²) in [6.07, 6.45) is 2.96. The number of methoxy groups -OCH3 is 1. The molecule has 0 aliphatic rings. The first-order chi connectivity index (χ1) is 14.6. The van der Waals surface area contributed by atoms with Gasteiger partial charge in [0.1, 0.15) is 18.4 Å². The van der Waals surface area contributed by atoms with E-state index in [1.165, 1.54) is 19.5 Å². The number of carbonyl (C=O) groups excluding carboxylic acids is 2. The van der Waals surface area contributed by atoms with Crippen LogP contribution in [0.15, 0.2) is 55.1 Å². The molecule has 0 radical (unpaired) electrons. The van der Waals surface area contributed by atoms with E-state index in [1.54, 1.807) is 47.4 Å². The third-order valence-electron chi connectivity index (χ3n) is 3.80. The summed E-state index contributed by atoms with van der Waals surface area (Å²) in [6, 6.07) is 11.2. The number of benzene rings is 2. The molecule has 0 saturated heterocycles. The number of carbonyl (C=O) groups is 2. The minimum absolute atomic E-state index is 0.299. The van der Waals surface area contributed by atoms with E-state index in [9.17, 15) is 9.59 Å². The third kappa shape index (κ3) is 5.78. The van der Waals surface area contributed by atoms with Crippen molar-refractivity contribution in [2.75, 3.05) is 12.4 Å². The summed E-state index contributed by atoms with van der Waals surface area (Å²) in [5.74, 6) is 4.24. The Balaban J connectivity index is 1.75. The van der Waals surface area contributed by atoms with Gasteiger partial charge in [0, 0.05) is 11.3 Å². The molecule has 0 atom stereocenters. The topological polar surface area (TPSA) is 140 Å². The van der Waals surface area contributed by atoms with Crippen molar-refractivity contribution in [2.45, 2.75) is 6.54 Å². The molecule has 2 aromatic carbocycles. The van der Waals surface area contributed by atoms with Crippen molar-refractivity contribution in [3.63, 3.8) is 0 Å². The van der Waals surface area contributed by atoms with Gasteiger partial charge in [-0.3, -0.25) is 4.79 Å². The predicted molar refractivity (Wildman–Crippen MR) is 106 cm³/mol. The maximum atomic E-state index is 12.6. The third-order valence-corrected chi connectivity index (χ3v) is 4.19. The summed E-state index contributed by atoms with van der Waals surface area (Å²) < 4.78 is 15.8. The number of anilines is 1. The smallest absolute Gasteiger partial charge is 0.337 e. The van der Waals surface area contributed by atoms with Crippen LogP contribution in [-0.2, 0) is 20.6 Å². The Morgan fingerprint density at radius 2 is 1.97 bits per heavy atom. The van der Waals surface area contributed by atoms with Gasteiger partial charge in [0.15, 0.2) is 0 Å². The first-order valence-electron chi connectivity index (χ1n) is 8.42. The van der Waals surface area contributed by atoms with Gasteiger partial charge in [0.25, 0.3) is 18.2 Å². The molecule has 3 aromatic rings. The highest BCUT2D eigenvalue weighted by Gasteiger charge is 2.13. The molecule has 1 aromatic heterocycles. The van der Waals surface area contributed by atoms with E-state index in [2.05, 4.69) is 24.7 Å². The number of nitrogens with one attached hydrogen (secondary N) is 1. The maximum Gasteiger partial charge on any atom is 0.337 e. The van der Waals surface area contributed by atoms with Crippen molar-refractivity contribution < 1.29 is 27.8 Å². The molecule has 0 bridgehead atoms. The average Bonchev–Trinajstić information content (AvgIpc) is 3.26. The van der Waals surface area contributed by atoms with Gasteiger partial charge in [-0.25, -0.2) is 14.5 Å². The van der Waals surface area contributed by atoms with Gasteiger partial charge in [0.2, 0.25) is 0 Å². The average molecular weight is 431 g/mol. The molecular formula is C18H17N5O6S. The van der Waals surface area contributed by atoms with Crippen LogP contribution in [0.4, 0.5) is 5.69 Å². The van der Waals surface area contributed by atoms with Crippen LogP contribution >= 0.6 is 12.3 Å². The van der Waals surface area contributed by atoms with Gasteiger partial charge in [-0.2, -0.15) is 11.0 Å². The van der Waals surface area contributed by atoms with Gasteiger partial charge in [-0.05, 0) is 48.0 Å². The van der Waals surface area contributed by atoms with E-state index in [0.29, 0.717) is 41.4 Å². The fraction of sp³-hybridized carbons (Fsp3) is 0.111. The SMILES string of the molecule is COC(=O)c1cc(Cn2cncn2)cc(NC(=O)c2ccc(OSOON)cc2)c1. The Bertz CT molecular complexity index is 997. The number of hydrogen-bond acceptors (Lipinski definition) is 10. The second kappa shape index (κ2) is 10.4. The second-order valence-electron chi connectivity index (χ2n) is 5.80. The van der Waals surface area contributed by atoms with Crippen LogP contribution in [0.2, 0.25) is 0 Å². The Labute approximate surface area is 175 Å². The van der Waals surface area contributed by atoms with Crippen LogP contribution in [0.5, 0.6) is 5.75 Å². The van der Waals surface area contributed by atoms with E-state index in [0.717, 1.165) is 5.56 Å². The summed E-state index contributed by atoms with van der Waals surface area (Å²) in [4.78, 5) is 32.4. The van der Waals surface area contributed by atoms with Crippen molar-refractivity contribution in [2.24, 2.45) is 5.90 Å². The van der Waals surface area contributed by atoms with Crippen molar-refractivity contribution >= 4 is 29.9 Å². The lowest BCUT2D eigenvalue weighted by molar-refractivity contribution is -0.199. The summed E-state index contributed by atoms with van der Waals surface area (Å²) in [5.41, 5.74) is 1.85. The molecule has 0 aliphatic carbocycles. The van der Waals surface area contributed by atoms with E-state index < -0.39 is 5.97 Å². The molecule has 1 amide bonds. The fourth-order valence-corrected chi connectivity index (χ4v) is 2.78. The molecule has 30 heavy (non-hydrogen) atoms. The van der Waals surface area contributed by atoms with Crippen LogP contribution in [0, 0.1) is 0 Å². The summed E-state index contributed by atoms with van der Waals surface area (Å²) in [7, 11) is 1.29. The largest absolute Gasteiger partial charge is 0.465 e. The first kappa shape index (κ1) is 21.3. The molecule has 0 spiro atoms. The Hall–Kier alpha value is -3.45. The van der Waals surface area contributed by atoms with Crippen LogP contribution in [0.3, 0.4) is 0 Å². The van der Waals surface area contributed by atoms with Crippen molar-refractivity contribution in [1.29, 1.82) is 0 Å². The quantitative estimate of drug-likeness (QED) is 0.170. The van der Waals surface area contributed by atoms with Gasteiger partial charge in [-0.15, -0.1) is 9.32 Å². The van der Waals surface area contributed by atoms with Crippen molar-refractivity contribution in [3.05, 3.63) is 71.8 Å². The molecular weight excluding hydrogens is 414 g/mol. The number of nitrogens with zero attached hydrogens (tertiary/aromatic N) is 3. The highest BCUT2D eigenvalue weighted by Crippen LogP contribution is 2.20. The van der Waals surface area contributed by atoms with Gasteiger partial charge in [0.05, 0.1) is 19.2 Å². The summed E-state index contributed by atoms with van der Waals surface area (Å²) in [5, 5.41) is 6.81. The molecule has 3 rings (SSSR count). The van der Waals surface area contributed by atoms with Crippen LogP contribution < -0.4 is 15.4 Å². The molecule has 12 heteroatoms. The maximum absolute atomic E-state index is 12.6. The highest BCUT2D eigenvalue weighted by molar-refractivity contribution is 7.90. The molecule has 0 unspecified atom stereocenters. The number of hydrogen-bond donors (Lipinski definition) is 2. The lowest BCUT2D eigenvalue weighted by Gasteiger charge is -2.11. The number of ether oxygens (including phenoxy) is 1. The standard InChI is InChI=1S/C18H17N5O6S/c1-26-18(25)14-6-12(9-23-11-20-10-21-23)7-15(8-14)22-17(24)13-2-4-16(5-3-13)27-30-29-28-19/h2-8,10-11H,9,19H2,1H3,(H,22,24). The number of nitrogens with two attached hydrogens (primary N) is 1. The molecule has 3 N–H and O–H groups in total. The van der Waals surface area contributed by atoms with E-state index >= 15 is 0 Å². The Kier molecular flexibility index (Phi) is 7.34. The molecule has 1 heterocycles. The lowest BCUT2D eigenvalue weighted by atomic mass is 10.1. The molecule has 0 aliphatic heterocycles. The van der Waals surface area contributed by atoms with E-state index in [4.69, 9.17) is 14.8 Å². The number of esters is 1. The van der Waals surface area contributed by atoms with E-state index in [-0.39, 0.29) is 5.91 Å². The molecule has 0 saturated carbocycles. The first-order valence-corrected chi connectivity index (χ1v) is 9.08. The van der Waals surface area contributed by atoms with Crippen LogP contribution in [0.1, 0.15) is 26.3 Å². The monoisotopic (exact) mass is 431 g/mol. The fourth-order valence-electron chi connectivity index (χ4n) is 2.53. The Morgan fingerprint density at radius 3 is 2.63 bits per heavy atom. The predicted octanol–water partition coefficient (Wildman–Crippen LogP) is 2.13.